The molecule has 0 aliphatic rings. The van der Waals surface area contributed by atoms with Crippen LogP contribution >= 0.6 is 0 Å². The number of fused-ring (bicyclic) bond motifs is 1. The standard InChI is InChI=1S/C18H18N2/c1-5-19-17-14(3)10-11-16-12-13(2)8-6-7-9-15(4)20-18(16)17/h5-12H,2,4H2,1,3H3. The van der Waals surface area contributed by atoms with Crippen molar-refractivity contribution in [2.24, 2.45) is 4.99 Å². The molecule has 1 heterocycles. The molecule has 100 valence electrons. The third-order valence-electron chi connectivity index (χ3n) is 2.95. The average Bonchev–Trinajstić information content (AvgIpc) is 2.41. The van der Waals surface area contributed by atoms with E-state index in [-0.39, 0.29) is 0 Å². The number of hydrogen-bond donors (Lipinski definition) is 0. The van der Waals surface area contributed by atoms with Crippen LogP contribution in [-0.2, 0) is 0 Å². The number of aliphatic imine (C=N–C) groups is 1. The van der Waals surface area contributed by atoms with Crippen molar-refractivity contribution in [1.29, 1.82) is 0 Å². The van der Waals surface area contributed by atoms with Crippen LogP contribution in [0.25, 0.3) is 24.1 Å². The maximum absolute atomic E-state index is 4.61. The molecule has 0 atom stereocenters. The molecule has 0 aliphatic carbocycles. The van der Waals surface area contributed by atoms with Crippen LogP contribution in [0.2, 0.25) is 0 Å². The van der Waals surface area contributed by atoms with Gasteiger partial charge >= 0.3 is 0 Å². The second-order valence-corrected chi connectivity index (χ2v) is 4.60. The minimum absolute atomic E-state index is 0.704. The molecule has 0 N–H and O–H groups in total. The molecular formula is C18H18N2. The van der Waals surface area contributed by atoms with Gasteiger partial charge in [0.2, 0.25) is 0 Å². The first-order valence-corrected chi connectivity index (χ1v) is 6.53. The first-order valence-electron chi connectivity index (χ1n) is 6.53. The Bertz CT molecular complexity index is 819. The van der Waals surface area contributed by atoms with E-state index in [1.54, 1.807) is 6.21 Å². The minimum Gasteiger partial charge on any atom is -0.259 e. The second kappa shape index (κ2) is 6.11. The average molecular weight is 262 g/mol. The van der Waals surface area contributed by atoms with Crippen LogP contribution in [0.1, 0.15) is 12.5 Å². The molecule has 2 heteroatoms. The highest BCUT2D eigenvalue weighted by atomic mass is 14.8. The maximum Gasteiger partial charge on any atom is 0.0968 e. The zero-order valence-electron chi connectivity index (χ0n) is 11.9. The van der Waals surface area contributed by atoms with Crippen molar-refractivity contribution in [3.8, 4) is 0 Å². The molecule has 2 nitrogen and oxygen atoms in total. The van der Waals surface area contributed by atoms with Crippen molar-refractivity contribution < 1.29 is 0 Å². The number of aryl methyl sites for hydroxylation is 1. The smallest absolute Gasteiger partial charge is 0.0968 e. The highest BCUT2D eigenvalue weighted by Gasteiger charge is 2.02. The number of nitrogens with zero attached hydrogens (tertiary/aromatic N) is 2. The highest BCUT2D eigenvalue weighted by molar-refractivity contribution is 5.91. The lowest BCUT2D eigenvalue weighted by atomic mass is 10.1. The first-order chi connectivity index (χ1) is 9.61. The Morgan fingerprint density at radius 3 is 2.60 bits per heavy atom. The molecule has 0 saturated carbocycles. The molecule has 2 rings (SSSR count). The summed E-state index contributed by atoms with van der Waals surface area (Å²) in [5, 5.41) is 2.63. The molecule has 1 aromatic heterocycles. The molecule has 0 aliphatic heterocycles. The third-order valence-corrected chi connectivity index (χ3v) is 2.95. The normalized spacial score (nSPS) is 10.7. The van der Waals surface area contributed by atoms with E-state index in [0.717, 1.165) is 27.4 Å². The molecule has 0 saturated heterocycles. The van der Waals surface area contributed by atoms with Crippen molar-refractivity contribution in [3.63, 3.8) is 0 Å². The predicted octanol–water partition coefficient (Wildman–Crippen LogP) is 3.21. The van der Waals surface area contributed by atoms with Gasteiger partial charge < -0.3 is 0 Å². The molecule has 20 heavy (non-hydrogen) atoms. The fourth-order valence-corrected chi connectivity index (χ4v) is 2.00. The van der Waals surface area contributed by atoms with Crippen molar-refractivity contribution in [2.75, 3.05) is 0 Å². The van der Waals surface area contributed by atoms with Gasteiger partial charge in [0.1, 0.15) is 0 Å². The number of hydrogen-bond acceptors (Lipinski definition) is 2. The molecule has 1 aromatic carbocycles. The van der Waals surface area contributed by atoms with Crippen LogP contribution in [0, 0.1) is 6.92 Å². The summed E-state index contributed by atoms with van der Waals surface area (Å²) in [5.74, 6) is 0. The summed E-state index contributed by atoms with van der Waals surface area (Å²) in [6.07, 6.45) is 1.78. The molecule has 0 fully saturated rings. The van der Waals surface area contributed by atoms with Crippen LogP contribution in [0.5, 0.6) is 0 Å². The molecule has 2 aromatic rings. The largest absolute Gasteiger partial charge is 0.259 e. The topological polar surface area (TPSA) is 25.2 Å². The van der Waals surface area contributed by atoms with Gasteiger partial charge in [-0.05, 0) is 36.8 Å². The fourth-order valence-electron chi connectivity index (χ4n) is 2.00. The van der Waals surface area contributed by atoms with E-state index in [1.165, 1.54) is 0 Å². The van der Waals surface area contributed by atoms with Gasteiger partial charge in [-0.25, -0.2) is 4.98 Å². The Kier molecular flexibility index (Phi) is 4.26. The molecule has 0 amide bonds. The Morgan fingerprint density at radius 2 is 1.85 bits per heavy atom. The summed E-state index contributed by atoms with van der Waals surface area (Å²) < 4.78 is 0. The maximum atomic E-state index is 4.61. The van der Waals surface area contributed by atoms with Gasteiger partial charge in [0.15, 0.2) is 0 Å². The SMILES string of the molecule is C=c1ccccc(=C)nc2c(N=CC)c(C)ccc2c1. The number of aromatic nitrogens is 1. The van der Waals surface area contributed by atoms with E-state index in [2.05, 4.69) is 29.2 Å². The molecular weight excluding hydrogens is 244 g/mol. The lowest BCUT2D eigenvalue weighted by Crippen LogP contribution is -2.01. The van der Waals surface area contributed by atoms with Gasteiger partial charge in [0.05, 0.1) is 16.6 Å². The predicted molar refractivity (Wildman–Crippen MR) is 88.2 cm³/mol. The zero-order valence-corrected chi connectivity index (χ0v) is 11.9. The van der Waals surface area contributed by atoms with Gasteiger partial charge in [-0.2, -0.15) is 0 Å². The van der Waals surface area contributed by atoms with Gasteiger partial charge in [-0.3, -0.25) is 4.99 Å². The van der Waals surface area contributed by atoms with E-state index in [9.17, 15) is 0 Å². The van der Waals surface area contributed by atoms with E-state index in [4.69, 9.17) is 0 Å². The van der Waals surface area contributed by atoms with E-state index < -0.39 is 0 Å². The summed E-state index contributed by atoms with van der Waals surface area (Å²) in [5.41, 5.74) is 2.82. The van der Waals surface area contributed by atoms with Crippen molar-refractivity contribution in [2.45, 2.75) is 13.8 Å². The third kappa shape index (κ3) is 3.09. The zero-order chi connectivity index (χ0) is 14.5. The molecule has 0 bridgehead atoms. The monoisotopic (exact) mass is 262 g/mol. The van der Waals surface area contributed by atoms with Crippen molar-refractivity contribution in [1.82, 2.24) is 4.98 Å². The number of rotatable bonds is 1. The van der Waals surface area contributed by atoms with Crippen LogP contribution in [-0.4, -0.2) is 11.2 Å². The van der Waals surface area contributed by atoms with Crippen molar-refractivity contribution >= 4 is 36.0 Å². The van der Waals surface area contributed by atoms with Gasteiger partial charge in [0.25, 0.3) is 0 Å². The van der Waals surface area contributed by atoms with Crippen LogP contribution in [0.15, 0.2) is 47.5 Å². The van der Waals surface area contributed by atoms with E-state index in [1.807, 2.05) is 50.2 Å². The van der Waals surface area contributed by atoms with Gasteiger partial charge in [-0.1, -0.05) is 43.5 Å². The Labute approximate surface area is 119 Å². The molecule has 0 radical (unpaired) electrons. The lowest BCUT2D eigenvalue weighted by Gasteiger charge is -2.03. The molecule has 0 unspecified atom stereocenters. The Morgan fingerprint density at radius 1 is 1.10 bits per heavy atom. The van der Waals surface area contributed by atoms with Crippen LogP contribution in [0.3, 0.4) is 0 Å². The van der Waals surface area contributed by atoms with Crippen LogP contribution in [0.4, 0.5) is 5.69 Å². The minimum atomic E-state index is 0.704. The number of benzene rings is 1. The van der Waals surface area contributed by atoms with Gasteiger partial charge in [0, 0.05) is 11.6 Å². The van der Waals surface area contributed by atoms with Crippen LogP contribution < -0.4 is 10.6 Å². The summed E-state index contributed by atoms with van der Waals surface area (Å²) in [6, 6.07) is 13.8. The summed E-state index contributed by atoms with van der Waals surface area (Å²) in [6.45, 7) is 11.9. The molecule has 0 spiro atoms. The van der Waals surface area contributed by atoms with E-state index >= 15 is 0 Å². The second-order valence-electron chi connectivity index (χ2n) is 4.60. The quantitative estimate of drug-likeness (QED) is 0.724. The fraction of sp³-hybridized carbons (Fsp3) is 0.111. The summed E-state index contributed by atoms with van der Waals surface area (Å²) in [7, 11) is 0. The highest BCUT2D eigenvalue weighted by Crippen LogP contribution is 2.26. The Hall–Kier alpha value is -2.48. The summed E-state index contributed by atoms with van der Waals surface area (Å²) in [4.78, 5) is 9.07. The van der Waals surface area contributed by atoms with Gasteiger partial charge in [-0.15, -0.1) is 0 Å². The lowest BCUT2D eigenvalue weighted by molar-refractivity contribution is 1.32. The van der Waals surface area contributed by atoms with E-state index in [0.29, 0.717) is 5.35 Å². The van der Waals surface area contributed by atoms with Crippen molar-refractivity contribution in [3.05, 3.63) is 58.6 Å². The summed E-state index contributed by atoms with van der Waals surface area (Å²) >= 11 is 0. The Balaban J connectivity index is 3.08. The first kappa shape index (κ1) is 13.9.